The van der Waals surface area contributed by atoms with E-state index in [1.54, 1.807) is 6.08 Å². The van der Waals surface area contributed by atoms with Crippen LogP contribution in [0.3, 0.4) is 0 Å². The van der Waals surface area contributed by atoms with Crippen LogP contribution < -0.4 is 5.32 Å². The van der Waals surface area contributed by atoms with E-state index in [0.717, 1.165) is 32.1 Å². The highest BCUT2D eigenvalue weighted by molar-refractivity contribution is 5.76. The van der Waals surface area contributed by atoms with Crippen LogP contribution >= 0.6 is 0 Å². The van der Waals surface area contributed by atoms with Crippen LogP contribution in [0.4, 0.5) is 0 Å². The summed E-state index contributed by atoms with van der Waals surface area (Å²) in [7, 11) is 0. The highest BCUT2D eigenvalue weighted by Gasteiger charge is 2.20. The van der Waals surface area contributed by atoms with Crippen LogP contribution in [0.15, 0.2) is 24.3 Å². The zero-order valence-electron chi connectivity index (χ0n) is 36.4. The summed E-state index contributed by atoms with van der Waals surface area (Å²) in [4.78, 5) is 12.4. The van der Waals surface area contributed by atoms with Gasteiger partial charge in [0.2, 0.25) is 5.91 Å². The maximum absolute atomic E-state index is 12.4. The third-order valence-electron chi connectivity index (χ3n) is 11.2. The maximum atomic E-state index is 12.4. The van der Waals surface area contributed by atoms with Gasteiger partial charge in [-0.1, -0.05) is 244 Å². The third kappa shape index (κ3) is 40.5. The SMILES string of the molecule is CCCCCCCCCC/C=C/CC/C=C/C(O)C(CO)NC(=O)CC(O)CCCCCCCCCCCCCCCCCCCCCCCCCCC. The maximum Gasteiger partial charge on any atom is 0.222 e. The molecule has 5 nitrogen and oxygen atoms in total. The Kier molecular flexibility index (Phi) is 43.6. The van der Waals surface area contributed by atoms with E-state index in [1.165, 1.54) is 199 Å². The molecule has 320 valence electrons. The topological polar surface area (TPSA) is 89.8 Å². The van der Waals surface area contributed by atoms with E-state index in [2.05, 4.69) is 31.3 Å². The van der Waals surface area contributed by atoms with Crippen molar-refractivity contribution < 1.29 is 20.1 Å². The highest BCUT2D eigenvalue weighted by Crippen LogP contribution is 2.17. The lowest BCUT2D eigenvalue weighted by Gasteiger charge is -2.21. The predicted octanol–water partition coefficient (Wildman–Crippen LogP) is 14.2. The van der Waals surface area contributed by atoms with Crippen LogP contribution in [-0.2, 0) is 4.79 Å². The lowest BCUT2D eigenvalue weighted by atomic mass is 10.0. The van der Waals surface area contributed by atoms with E-state index < -0.39 is 18.2 Å². The molecule has 0 heterocycles. The molecule has 1 amide bonds. The normalized spacial score (nSPS) is 13.6. The molecule has 4 N–H and O–H groups in total. The molecule has 3 atom stereocenters. The Morgan fingerprint density at radius 1 is 0.463 bits per heavy atom. The summed E-state index contributed by atoms with van der Waals surface area (Å²) in [6, 6.07) is -0.757. The van der Waals surface area contributed by atoms with Crippen LogP contribution in [0.1, 0.15) is 258 Å². The number of hydrogen-bond acceptors (Lipinski definition) is 4. The number of carbonyl (C=O) groups is 1. The lowest BCUT2D eigenvalue weighted by Crippen LogP contribution is -2.45. The number of aliphatic hydroxyl groups excluding tert-OH is 3. The van der Waals surface area contributed by atoms with Crippen LogP contribution in [0, 0.1) is 0 Å². The lowest BCUT2D eigenvalue weighted by molar-refractivity contribution is -0.124. The largest absolute Gasteiger partial charge is 0.394 e. The Hall–Kier alpha value is -1.17. The monoisotopic (exact) mass is 762 g/mol. The van der Waals surface area contributed by atoms with Gasteiger partial charge < -0.3 is 20.6 Å². The molecule has 0 aromatic heterocycles. The second-order valence-corrected chi connectivity index (χ2v) is 16.7. The quantitative estimate of drug-likeness (QED) is 0.0368. The Morgan fingerprint density at radius 3 is 1.19 bits per heavy atom. The zero-order valence-corrected chi connectivity index (χ0v) is 36.4. The van der Waals surface area contributed by atoms with Gasteiger partial charge in [-0.2, -0.15) is 0 Å². The molecule has 0 aliphatic heterocycles. The molecule has 3 unspecified atom stereocenters. The Balaban J connectivity index is 3.58. The van der Waals surface area contributed by atoms with Gasteiger partial charge in [0.25, 0.3) is 0 Å². The summed E-state index contributed by atoms with van der Waals surface area (Å²) in [5.41, 5.74) is 0. The number of allylic oxidation sites excluding steroid dienone is 3. The van der Waals surface area contributed by atoms with E-state index in [0.29, 0.717) is 6.42 Å². The average Bonchev–Trinajstić information content (AvgIpc) is 3.16. The van der Waals surface area contributed by atoms with Gasteiger partial charge in [-0.25, -0.2) is 0 Å². The van der Waals surface area contributed by atoms with Crippen molar-refractivity contribution in [1.29, 1.82) is 0 Å². The first kappa shape index (κ1) is 52.8. The number of rotatable bonds is 44. The molecule has 0 fully saturated rings. The Morgan fingerprint density at radius 2 is 0.796 bits per heavy atom. The Bertz CT molecular complexity index is 799. The first-order valence-electron chi connectivity index (χ1n) is 24.1. The van der Waals surface area contributed by atoms with Gasteiger partial charge in [-0.05, 0) is 32.1 Å². The predicted molar refractivity (Wildman–Crippen MR) is 236 cm³/mol. The standard InChI is InChI=1S/C49H95NO4/c1-3-5-7-9-11-13-15-17-19-20-21-22-23-24-25-26-27-28-29-30-32-34-36-38-40-42-46(52)44-49(54)50-47(45-51)48(53)43-41-39-37-35-33-31-18-16-14-12-10-8-6-4-2/h33,35,41,43,46-48,51-53H,3-32,34,36-40,42,44-45H2,1-2H3,(H,50,54)/b35-33+,43-41+. The average molecular weight is 762 g/mol. The molecule has 0 aromatic carbocycles. The number of nitrogens with one attached hydrogen (secondary N) is 1. The smallest absolute Gasteiger partial charge is 0.222 e. The van der Waals surface area contributed by atoms with Crippen LogP contribution in [-0.4, -0.2) is 46.1 Å². The van der Waals surface area contributed by atoms with E-state index >= 15 is 0 Å². The van der Waals surface area contributed by atoms with Crippen LogP contribution in [0.5, 0.6) is 0 Å². The van der Waals surface area contributed by atoms with Crippen molar-refractivity contribution in [2.45, 2.75) is 276 Å². The third-order valence-corrected chi connectivity index (χ3v) is 11.2. The number of amides is 1. The fraction of sp³-hybridized carbons (Fsp3) is 0.898. The van der Waals surface area contributed by atoms with Crippen molar-refractivity contribution in [3.05, 3.63) is 24.3 Å². The van der Waals surface area contributed by atoms with Crippen molar-refractivity contribution in [1.82, 2.24) is 5.32 Å². The summed E-state index contributed by atoms with van der Waals surface area (Å²) in [6.07, 6.45) is 54.9. The summed E-state index contributed by atoms with van der Waals surface area (Å²) in [5, 5.41) is 33.2. The van der Waals surface area contributed by atoms with E-state index in [1.807, 2.05) is 6.08 Å². The van der Waals surface area contributed by atoms with E-state index in [-0.39, 0.29) is 18.9 Å². The summed E-state index contributed by atoms with van der Waals surface area (Å²) >= 11 is 0. The van der Waals surface area contributed by atoms with E-state index in [4.69, 9.17) is 0 Å². The molecule has 0 rings (SSSR count). The minimum atomic E-state index is -0.948. The molecular weight excluding hydrogens is 667 g/mol. The van der Waals surface area contributed by atoms with Gasteiger partial charge >= 0.3 is 0 Å². The molecule has 0 bridgehead atoms. The van der Waals surface area contributed by atoms with Crippen molar-refractivity contribution in [3.63, 3.8) is 0 Å². The molecule has 54 heavy (non-hydrogen) atoms. The van der Waals surface area contributed by atoms with Crippen molar-refractivity contribution in [2.24, 2.45) is 0 Å². The fourth-order valence-corrected chi connectivity index (χ4v) is 7.53. The van der Waals surface area contributed by atoms with Gasteiger partial charge in [0.05, 0.1) is 31.3 Å². The number of hydrogen-bond donors (Lipinski definition) is 4. The second kappa shape index (κ2) is 44.5. The summed E-state index contributed by atoms with van der Waals surface area (Å²) < 4.78 is 0. The van der Waals surface area contributed by atoms with Crippen LogP contribution in [0.25, 0.3) is 0 Å². The second-order valence-electron chi connectivity index (χ2n) is 16.7. The molecular formula is C49H95NO4. The number of aliphatic hydroxyl groups is 3. The van der Waals surface area contributed by atoms with Gasteiger partial charge in [0.1, 0.15) is 0 Å². The molecule has 0 radical (unpaired) electrons. The minimum Gasteiger partial charge on any atom is -0.394 e. The first-order chi connectivity index (χ1) is 26.5. The molecule has 0 saturated heterocycles. The zero-order chi connectivity index (χ0) is 39.4. The fourth-order valence-electron chi connectivity index (χ4n) is 7.53. The highest BCUT2D eigenvalue weighted by atomic mass is 16.3. The molecule has 0 aromatic rings. The van der Waals surface area contributed by atoms with Gasteiger partial charge in [0.15, 0.2) is 0 Å². The first-order valence-corrected chi connectivity index (χ1v) is 24.1. The molecule has 0 aliphatic carbocycles. The van der Waals surface area contributed by atoms with Crippen LogP contribution in [0.2, 0.25) is 0 Å². The number of unbranched alkanes of at least 4 members (excludes halogenated alkanes) is 33. The van der Waals surface area contributed by atoms with Crippen molar-refractivity contribution >= 4 is 5.91 Å². The molecule has 5 heteroatoms. The van der Waals surface area contributed by atoms with Gasteiger partial charge in [0, 0.05) is 0 Å². The Labute approximate surface area is 337 Å². The molecule has 0 spiro atoms. The van der Waals surface area contributed by atoms with E-state index in [9.17, 15) is 20.1 Å². The minimum absolute atomic E-state index is 0.00991. The number of carbonyl (C=O) groups excluding carboxylic acids is 1. The summed E-state index contributed by atoms with van der Waals surface area (Å²) in [5.74, 6) is -0.322. The summed E-state index contributed by atoms with van der Waals surface area (Å²) in [6.45, 7) is 4.21. The molecule has 0 saturated carbocycles. The van der Waals surface area contributed by atoms with Crippen molar-refractivity contribution in [3.8, 4) is 0 Å². The van der Waals surface area contributed by atoms with Gasteiger partial charge in [-0.15, -0.1) is 0 Å². The molecule has 0 aliphatic rings. The van der Waals surface area contributed by atoms with Crippen molar-refractivity contribution in [2.75, 3.05) is 6.61 Å². The van der Waals surface area contributed by atoms with Gasteiger partial charge in [-0.3, -0.25) is 4.79 Å².